The molecule has 5 heterocycles. The average molecular weight is 640 g/mol. The van der Waals surface area contributed by atoms with Crippen LogP contribution in [0.5, 0.6) is 0 Å². The summed E-state index contributed by atoms with van der Waals surface area (Å²) < 4.78 is 43.0. The van der Waals surface area contributed by atoms with Crippen LogP contribution in [-0.4, -0.2) is 94.7 Å². The van der Waals surface area contributed by atoms with Gasteiger partial charge in [-0.2, -0.15) is 9.97 Å². The summed E-state index contributed by atoms with van der Waals surface area (Å²) in [5, 5.41) is 20.9. The van der Waals surface area contributed by atoms with Gasteiger partial charge in [0.1, 0.15) is 36.6 Å². The summed E-state index contributed by atoms with van der Waals surface area (Å²) in [7, 11) is -4.08. The highest BCUT2D eigenvalue weighted by molar-refractivity contribution is 7.51. The van der Waals surface area contributed by atoms with Crippen molar-refractivity contribution in [1.82, 2.24) is 33.7 Å². The Labute approximate surface area is 251 Å². The van der Waals surface area contributed by atoms with E-state index < -0.39 is 62.5 Å². The maximum absolute atomic E-state index is 14.5. The van der Waals surface area contributed by atoms with Crippen LogP contribution in [0.1, 0.15) is 52.0 Å². The van der Waals surface area contributed by atoms with Gasteiger partial charge in [-0.25, -0.2) is 19.0 Å². The third kappa shape index (κ3) is 6.57. The molecule has 0 amide bonds. The number of aromatic amines is 1. The molecular formula is C25H38N9O9P. The minimum absolute atomic E-state index is 0.0595. The fraction of sp³-hybridized carbons (Fsp3) is 0.640. The largest absolute Gasteiger partial charge is 0.408 e. The number of nitrogens with two attached hydrogens (primary N) is 2. The second-order valence-corrected chi connectivity index (χ2v) is 12.6. The summed E-state index contributed by atoms with van der Waals surface area (Å²) in [6, 6.07) is 1.44. The van der Waals surface area contributed by atoms with Crippen molar-refractivity contribution in [3.05, 3.63) is 39.4 Å². The Morgan fingerprint density at radius 3 is 2.50 bits per heavy atom. The van der Waals surface area contributed by atoms with Gasteiger partial charge in [-0.15, -0.1) is 0 Å². The standard InChI is InChI=1S/C25H38N9O9P/c1-3-6-32(7-4-2)44(39,40-12-17-14(36)9-19(42-17)33-8-5-18(26)29-25(33)38)43-15-10-20(41-16(15)11-35)34-13-28-21-22(34)30-24(27)31-23(21)37/h5,8,13-17,19-20,35-36H,3-4,6-7,9-12H2,1-2H3,(H2,26,29,38)(H3,27,30,31,37). The molecule has 19 heteroatoms. The van der Waals surface area contributed by atoms with Crippen molar-refractivity contribution in [3.8, 4) is 0 Å². The van der Waals surface area contributed by atoms with Crippen molar-refractivity contribution in [3.63, 3.8) is 0 Å². The van der Waals surface area contributed by atoms with E-state index in [1.807, 2.05) is 13.8 Å². The van der Waals surface area contributed by atoms with Crippen LogP contribution >= 0.6 is 7.75 Å². The molecule has 242 valence electrons. The molecule has 7 atom stereocenters. The second-order valence-electron chi connectivity index (χ2n) is 10.7. The van der Waals surface area contributed by atoms with Crippen molar-refractivity contribution in [2.24, 2.45) is 0 Å². The maximum atomic E-state index is 14.5. The molecule has 2 aliphatic rings. The Morgan fingerprint density at radius 2 is 1.82 bits per heavy atom. The van der Waals surface area contributed by atoms with E-state index in [0.29, 0.717) is 25.9 Å². The lowest BCUT2D eigenvalue weighted by atomic mass is 10.2. The lowest BCUT2D eigenvalue weighted by molar-refractivity contribution is -0.0551. The number of rotatable bonds is 13. The summed E-state index contributed by atoms with van der Waals surface area (Å²) in [6.07, 6.45) is -1.09. The first-order chi connectivity index (χ1) is 21.1. The summed E-state index contributed by atoms with van der Waals surface area (Å²) in [5.41, 5.74) is 10.4. The number of aliphatic hydroxyl groups excluding tert-OH is 2. The van der Waals surface area contributed by atoms with Crippen LogP contribution in [-0.2, 0) is 23.1 Å². The third-order valence-electron chi connectivity index (χ3n) is 7.47. The van der Waals surface area contributed by atoms with E-state index >= 15 is 0 Å². The highest BCUT2D eigenvalue weighted by Gasteiger charge is 2.46. The number of nitrogens with zero attached hydrogens (tertiary/aromatic N) is 6. The lowest BCUT2D eigenvalue weighted by Crippen LogP contribution is -2.34. The number of nitrogen functional groups attached to an aromatic ring is 2. The number of aromatic nitrogens is 6. The zero-order valence-electron chi connectivity index (χ0n) is 24.4. The molecule has 7 N–H and O–H groups in total. The molecule has 0 aromatic carbocycles. The predicted octanol–water partition coefficient (Wildman–Crippen LogP) is 0.101. The Hall–Kier alpha value is -3.22. The molecule has 18 nitrogen and oxygen atoms in total. The molecule has 0 saturated carbocycles. The summed E-state index contributed by atoms with van der Waals surface area (Å²) >= 11 is 0. The molecule has 3 aromatic rings. The number of aliphatic hydroxyl groups is 2. The Morgan fingerprint density at radius 1 is 1.11 bits per heavy atom. The first-order valence-corrected chi connectivity index (χ1v) is 15.9. The molecule has 3 aromatic heterocycles. The molecule has 2 aliphatic heterocycles. The molecular weight excluding hydrogens is 601 g/mol. The normalized spacial score (nSPS) is 26.9. The molecule has 0 spiro atoms. The topological polar surface area (TPSA) is 248 Å². The number of H-pyrrole nitrogens is 1. The average Bonchev–Trinajstić information content (AvgIpc) is 3.68. The Balaban J connectivity index is 1.35. The van der Waals surface area contributed by atoms with Crippen molar-refractivity contribution < 1.29 is 33.3 Å². The van der Waals surface area contributed by atoms with Gasteiger partial charge in [-0.1, -0.05) is 13.8 Å². The summed E-state index contributed by atoms with van der Waals surface area (Å²) in [4.78, 5) is 38.9. The van der Waals surface area contributed by atoms with Gasteiger partial charge >= 0.3 is 13.4 Å². The van der Waals surface area contributed by atoms with Crippen LogP contribution in [0.15, 0.2) is 28.2 Å². The van der Waals surface area contributed by atoms with Crippen molar-refractivity contribution in [2.75, 3.05) is 37.8 Å². The minimum Gasteiger partial charge on any atom is -0.394 e. The van der Waals surface area contributed by atoms with Crippen LogP contribution in [0.25, 0.3) is 11.2 Å². The fourth-order valence-electron chi connectivity index (χ4n) is 5.37. The van der Waals surface area contributed by atoms with Gasteiger partial charge in [0.05, 0.1) is 25.6 Å². The van der Waals surface area contributed by atoms with Gasteiger partial charge < -0.3 is 31.2 Å². The Kier molecular flexibility index (Phi) is 9.81. The van der Waals surface area contributed by atoms with Crippen molar-refractivity contribution >= 4 is 30.7 Å². The zero-order chi connectivity index (χ0) is 31.6. The predicted molar refractivity (Wildman–Crippen MR) is 156 cm³/mol. The van der Waals surface area contributed by atoms with Crippen LogP contribution < -0.4 is 22.7 Å². The molecule has 0 radical (unpaired) electrons. The number of nitrogens with one attached hydrogen (secondary N) is 1. The van der Waals surface area contributed by atoms with Crippen LogP contribution in [0.2, 0.25) is 0 Å². The molecule has 7 unspecified atom stereocenters. The zero-order valence-corrected chi connectivity index (χ0v) is 25.3. The number of hydrogen-bond acceptors (Lipinski definition) is 14. The first kappa shape index (κ1) is 32.2. The van der Waals surface area contributed by atoms with Crippen LogP contribution in [0, 0.1) is 0 Å². The van der Waals surface area contributed by atoms with Crippen molar-refractivity contribution in [2.45, 2.75) is 76.4 Å². The van der Waals surface area contributed by atoms with E-state index in [0.717, 1.165) is 0 Å². The highest BCUT2D eigenvalue weighted by Crippen LogP contribution is 2.56. The lowest BCUT2D eigenvalue weighted by Gasteiger charge is -2.33. The van der Waals surface area contributed by atoms with Crippen LogP contribution in [0.3, 0.4) is 0 Å². The minimum atomic E-state index is -4.08. The van der Waals surface area contributed by atoms with E-state index in [1.54, 1.807) is 4.67 Å². The van der Waals surface area contributed by atoms with E-state index in [-0.39, 0.29) is 42.4 Å². The number of ether oxygens (including phenoxy) is 2. The summed E-state index contributed by atoms with van der Waals surface area (Å²) in [5.74, 6) is -0.0400. The number of anilines is 2. The molecule has 0 bridgehead atoms. The molecule has 44 heavy (non-hydrogen) atoms. The van der Waals surface area contributed by atoms with Gasteiger partial charge in [0.15, 0.2) is 11.2 Å². The van der Waals surface area contributed by atoms with Gasteiger partial charge in [0.2, 0.25) is 5.95 Å². The maximum Gasteiger partial charge on any atom is 0.408 e. The molecule has 5 rings (SSSR count). The SMILES string of the molecule is CCCN(CCC)P(=O)(OCC1OC(n2ccc(N)nc2=O)CC1O)OC1CC(n2cnc3c(=O)[nH]c(N)nc32)OC1CO. The Bertz CT molecular complexity index is 1610. The molecule has 2 fully saturated rings. The smallest absolute Gasteiger partial charge is 0.394 e. The number of fused-ring (bicyclic) bond motifs is 1. The number of hydrogen-bond donors (Lipinski definition) is 5. The summed E-state index contributed by atoms with van der Waals surface area (Å²) in [6.45, 7) is 3.85. The van der Waals surface area contributed by atoms with Gasteiger partial charge in [-0.3, -0.25) is 28.0 Å². The van der Waals surface area contributed by atoms with Crippen molar-refractivity contribution in [1.29, 1.82) is 0 Å². The molecule has 2 saturated heterocycles. The first-order valence-electron chi connectivity index (χ1n) is 14.4. The van der Waals surface area contributed by atoms with Gasteiger partial charge in [-0.05, 0) is 18.9 Å². The van der Waals surface area contributed by atoms with E-state index in [9.17, 15) is 24.4 Å². The second kappa shape index (κ2) is 13.4. The van der Waals surface area contributed by atoms with Gasteiger partial charge in [0, 0.05) is 32.1 Å². The highest BCUT2D eigenvalue weighted by atomic mass is 31.2. The third-order valence-corrected chi connectivity index (χ3v) is 9.57. The van der Waals surface area contributed by atoms with E-state index in [4.69, 9.17) is 30.0 Å². The monoisotopic (exact) mass is 639 g/mol. The molecule has 0 aliphatic carbocycles. The van der Waals surface area contributed by atoms with Gasteiger partial charge in [0.25, 0.3) is 5.56 Å². The fourth-order valence-corrected chi connectivity index (χ4v) is 7.52. The number of imidazole rings is 1. The van der Waals surface area contributed by atoms with Crippen LogP contribution in [0.4, 0.5) is 11.8 Å². The van der Waals surface area contributed by atoms with E-state index in [1.165, 1.54) is 27.7 Å². The quantitative estimate of drug-likeness (QED) is 0.156. The van der Waals surface area contributed by atoms with E-state index in [2.05, 4.69) is 19.9 Å².